The van der Waals surface area contributed by atoms with Crippen LogP contribution >= 0.6 is 22.6 Å². The van der Waals surface area contributed by atoms with Crippen LogP contribution in [0.25, 0.3) is 0 Å². The highest BCUT2D eigenvalue weighted by atomic mass is 127. The summed E-state index contributed by atoms with van der Waals surface area (Å²) in [5.74, 6) is -0.0731. The molecule has 1 aliphatic rings. The van der Waals surface area contributed by atoms with Crippen LogP contribution in [0.1, 0.15) is 18.4 Å². The Kier molecular flexibility index (Phi) is 4.58. The van der Waals surface area contributed by atoms with Gasteiger partial charge in [0.25, 0.3) is 5.91 Å². The van der Waals surface area contributed by atoms with E-state index in [-0.39, 0.29) is 18.1 Å². The summed E-state index contributed by atoms with van der Waals surface area (Å²) in [6.07, 6.45) is 1.27. The van der Waals surface area contributed by atoms with E-state index in [1.54, 1.807) is 0 Å². The van der Waals surface area contributed by atoms with Gasteiger partial charge in [-0.05, 0) is 60.1 Å². The number of anilines is 1. The fourth-order valence-electron chi connectivity index (χ4n) is 2.03. The first-order chi connectivity index (χ1) is 8.61. The summed E-state index contributed by atoms with van der Waals surface area (Å²) >= 11 is 2.26. The second-order valence-corrected chi connectivity index (χ2v) is 5.62. The molecule has 98 valence electrons. The maximum Gasteiger partial charge on any atom is 0.253 e. The number of halogens is 1. The quantitative estimate of drug-likeness (QED) is 0.811. The summed E-state index contributed by atoms with van der Waals surface area (Å²) in [5.41, 5.74) is 7.47. The van der Waals surface area contributed by atoms with E-state index in [4.69, 9.17) is 10.5 Å². The molecule has 2 unspecified atom stereocenters. The Morgan fingerprint density at radius 3 is 3.00 bits per heavy atom. The summed E-state index contributed by atoms with van der Waals surface area (Å²) in [5, 5.41) is 2.93. The number of nitrogens with one attached hydrogen (secondary N) is 1. The molecule has 0 saturated carbocycles. The van der Waals surface area contributed by atoms with Gasteiger partial charge in [-0.25, -0.2) is 0 Å². The third kappa shape index (κ3) is 3.02. The zero-order valence-electron chi connectivity index (χ0n) is 10.3. The lowest BCUT2D eigenvalue weighted by molar-refractivity contribution is -0.126. The van der Waals surface area contributed by atoms with Crippen molar-refractivity contribution in [2.24, 2.45) is 5.73 Å². The Labute approximate surface area is 120 Å². The molecule has 0 spiro atoms. The van der Waals surface area contributed by atoms with Crippen molar-refractivity contribution in [2.75, 3.05) is 11.9 Å². The van der Waals surface area contributed by atoms with Crippen molar-refractivity contribution in [1.29, 1.82) is 0 Å². The fourth-order valence-corrected chi connectivity index (χ4v) is 2.53. The minimum Gasteiger partial charge on any atom is -0.364 e. The lowest BCUT2D eigenvalue weighted by atomic mass is 10.1. The maximum atomic E-state index is 12.1. The first-order valence-electron chi connectivity index (χ1n) is 6.03. The lowest BCUT2D eigenvalue weighted by Gasteiger charge is -2.14. The van der Waals surface area contributed by atoms with Crippen LogP contribution < -0.4 is 11.1 Å². The molecule has 2 rings (SSSR count). The number of carbonyl (C=O) groups is 1. The van der Waals surface area contributed by atoms with Crippen LogP contribution in [-0.2, 0) is 9.53 Å². The molecule has 0 aromatic heterocycles. The predicted molar refractivity (Wildman–Crippen MR) is 79.5 cm³/mol. The van der Waals surface area contributed by atoms with Gasteiger partial charge >= 0.3 is 0 Å². The number of hydrogen-bond acceptors (Lipinski definition) is 3. The van der Waals surface area contributed by atoms with Crippen LogP contribution in [0.4, 0.5) is 5.69 Å². The van der Waals surface area contributed by atoms with Crippen molar-refractivity contribution in [1.82, 2.24) is 0 Å². The topological polar surface area (TPSA) is 64.4 Å². The normalized spacial score (nSPS) is 23.1. The lowest BCUT2D eigenvalue weighted by Crippen LogP contribution is -2.30. The van der Waals surface area contributed by atoms with Gasteiger partial charge < -0.3 is 15.8 Å². The van der Waals surface area contributed by atoms with E-state index < -0.39 is 0 Å². The number of nitrogens with two attached hydrogens (primary N) is 1. The van der Waals surface area contributed by atoms with E-state index in [0.29, 0.717) is 6.54 Å². The van der Waals surface area contributed by atoms with Crippen molar-refractivity contribution < 1.29 is 9.53 Å². The van der Waals surface area contributed by atoms with Gasteiger partial charge in [0.15, 0.2) is 0 Å². The van der Waals surface area contributed by atoms with Crippen LogP contribution in [-0.4, -0.2) is 24.7 Å². The number of benzene rings is 1. The minimum absolute atomic E-state index is 0.0257. The number of carbonyl (C=O) groups excluding carboxylic acids is 1. The Balaban J connectivity index is 2.01. The van der Waals surface area contributed by atoms with Gasteiger partial charge in [-0.3, -0.25) is 4.79 Å². The molecule has 1 amide bonds. The van der Waals surface area contributed by atoms with E-state index in [2.05, 4.69) is 27.9 Å². The second-order valence-electron chi connectivity index (χ2n) is 4.46. The van der Waals surface area contributed by atoms with Crippen molar-refractivity contribution in [3.63, 3.8) is 0 Å². The molecule has 0 radical (unpaired) electrons. The maximum absolute atomic E-state index is 12.1. The van der Waals surface area contributed by atoms with Gasteiger partial charge in [0.2, 0.25) is 0 Å². The highest BCUT2D eigenvalue weighted by Crippen LogP contribution is 2.23. The molecule has 1 saturated heterocycles. The van der Waals surface area contributed by atoms with E-state index in [1.807, 2.05) is 25.1 Å². The molecular formula is C13H17IN2O2. The molecular weight excluding hydrogens is 343 g/mol. The summed E-state index contributed by atoms with van der Waals surface area (Å²) in [6.45, 7) is 2.47. The van der Waals surface area contributed by atoms with Crippen LogP contribution in [0.5, 0.6) is 0 Å². The summed E-state index contributed by atoms with van der Waals surface area (Å²) < 4.78 is 6.71. The van der Waals surface area contributed by atoms with Crippen molar-refractivity contribution in [3.8, 4) is 0 Å². The summed E-state index contributed by atoms with van der Waals surface area (Å²) in [4.78, 5) is 12.1. The van der Waals surface area contributed by atoms with Gasteiger partial charge in [-0.1, -0.05) is 6.07 Å². The molecule has 1 aliphatic heterocycles. The van der Waals surface area contributed by atoms with Crippen LogP contribution in [0.3, 0.4) is 0 Å². The average Bonchev–Trinajstić information content (AvgIpc) is 2.83. The van der Waals surface area contributed by atoms with Gasteiger partial charge in [-0.2, -0.15) is 0 Å². The SMILES string of the molecule is Cc1c(I)cccc1NC(=O)C1CCC(CN)O1. The van der Waals surface area contributed by atoms with Crippen molar-refractivity contribution in [3.05, 3.63) is 27.3 Å². The second kappa shape index (κ2) is 5.99. The zero-order chi connectivity index (χ0) is 13.1. The number of amides is 1. The molecule has 3 N–H and O–H groups in total. The van der Waals surface area contributed by atoms with E-state index in [1.165, 1.54) is 0 Å². The number of ether oxygens (including phenoxy) is 1. The van der Waals surface area contributed by atoms with Crippen LogP contribution in [0, 0.1) is 10.5 Å². The van der Waals surface area contributed by atoms with Gasteiger partial charge in [0, 0.05) is 15.8 Å². The van der Waals surface area contributed by atoms with Gasteiger partial charge in [0.05, 0.1) is 6.10 Å². The zero-order valence-corrected chi connectivity index (χ0v) is 12.4. The largest absolute Gasteiger partial charge is 0.364 e. The van der Waals surface area contributed by atoms with Crippen LogP contribution in [0.15, 0.2) is 18.2 Å². The molecule has 2 atom stereocenters. The smallest absolute Gasteiger partial charge is 0.253 e. The van der Waals surface area contributed by atoms with E-state index in [9.17, 15) is 4.79 Å². The van der Waals surface area contributed by atoms with Gasteiger partial charge in [0.1, 0.15) is 6.10 Å². The highest BCUT2D eigenvalue weighted by Gasteiger charge is 2.30. The van der Waals surface area contributed by atoms with Crippen molar-refractivity contribution >= 4 is 34.2 Å². The molecule has 0 bridgehead atoms. The third-order valence-corrected chi connectivity index (χ3v) is 4.36. The van der Waals surface area contributed by atoms with Crippen LogP contribution in [0.2, 0.25) is 0 Å². The number of rotatable bonds is 3. The first-order valence-corrected chi connectivity index (χ1v) is 7.11. The molecule has 0 aliphatic carbocycles. The summed E-state index contributed by atoms with van der Waals surface area (Å²) in [7, 11) is 0. The Hall–Kier alpha value is -0.660. The molecule has 18 heavy (non-hydrogen) atoms. The summed E-state index contributed by atoms with van der Waals surface area (Å²) in [6, 6.07) is 5.86. The Bertz CT molecular complexity index is 451. The van der Waals surface area contributed by atoms with Gasteiger partial charge in [-0.15, -0.1) is 0 Å². The third-order valence-electron chi connectivity index (χ3n) is 3.19. The minimum atomic E-state index is -0.365. The average molecular weight is 360 g/mol. The highest BCUT2D eigenvalue weighted by molar-refractivity contribution is 14.1. The van der Waals surface area contributed by atoms with E-state index >= 15 is 0 Å². The molecule has 4 nitrogen and oxygen atoms in total. The monoisotopic (exact) mass is 360 g/mol. The Morgan fingerprint density at radius 2 is 2.33 bits per heavy atom. The van der Waals surface area contributed by atoms with E-state index in [0.717, 1.165) is 27.7 Å². The Morgan fingerprint density at radius 1 is 1.56 bits per heavy atom. The number of hydrogen-bond donors (Lipinski definition) is 2. The molecule has 1 aromatic carbocycles. The first kappa shape index (κ1) is 13.8. The molecule has 1 fully saturated rings. The molecule has 5 heteroatoms. The molecule has 1 aromatic rings. The predicted octanol–water partition coefficient (Wildman–Crippen LogP) is 2.04. The van der Waals surface area contributed by atoms with Crippen molar-refractivity contribution in [2.45, 2.75) is 32.0 Å². The molecule has 1 heterocycles. The fraction of sp³-hybridized carbons (Fsp3) is 0.462. The standard InChI is InChI=1S/C13H17IN2O2/c1-8-10(14)3-2-4-11(8)16-13(17)12-6-5-9(7-15)18-12/h2-4,9,12H,5-7,15H2,1H3,(H,16,17).